The fourth-order valence-corrected chi connectivity index (χ4v) is 6.77. The van der Waals surface area contributed by atoms with E-state index in [0.29, 0.717) is 45.2 Å². The molecule has 3 aromatic carbocycles. The lowest BCUT2D eigenvalue weighted by Gasteiger charge is -2.24. The number of anilines is 1. The molecule has 0 saturated carbocycles. The van der Waals surface area contributed by atoms with Gasteiger partial charge in [0.2, 0.25) is 5.13 Å². The molecule has 5 rings (SSSR count). The van der Waals surface area contributed by atoms with Crippen LogP contribution in [0.15, 0.2) is 70.6 Å². The molecule has 1 N–H and O–H groups in total. The third-order valence-electron chi connectivity index (χ3n) is 7.43. The van der Waals surface area contributed by atoms with Gasteiger partial charge in [0.15, 0.2) is 15.8 Å². The average Bonchev–Trinajstić information content (AvgIpc) is 3.59. The Morgan fingerprint density at radius 3 is 2.51 bits per heavy atom. The van der Waals surface area contributed by atoms with Crippen molar-refractivity contribution in [3.05, 3.63) is 99.9 Å². The van der Waals surface area contributed by atoms with Crippen molar-refractivity contribution in [2.24, 2.45) is 5.92 Å². The molecule has 2 heterocycles. The van der Waals surface area contributed by atoms with E-state index in [2.05, 4.69) is 24.0 Å². The summed E-state index contributed by atoms with van der Waals surface area (Å²) in [4.78, 5) is 28.7. The van der Waals surface area contributed by atoms with E-state index in [0.717, 1.165) is 34.4 Å². The summed E-state index contributed by atoms with van der Waals surface area (Å²) in [6.45, 7) is 8.45. The van der Waals surface area contributed by atoms with E-state index in [-0.39, 0.29) is 22.3 Å². The van der Waals surface area contributed by atoms with E-state index in [1.165, 1.54) is 35.9 Å². The molecule has 1 amide bonds. The number of thioether (sulfide) groups is 1. The largest absolute Gasteiger partial charge is 0.507 e. The lowest BCUT2D eigenvalue weighted by Crippen LogP contribution is -2.29. The van der Waals surface area contributed by atoms with Crippen molar-refractivity contribution in [2.75, 3.05) is 18.6 Å². The molecule has 1 unspecified atom stereocenters. The van der Waals surface area contributed by atoms with E-state index in [4.69, 9.17) is 9.47 Å². The summed E-state index contributed by atoms with van der Waals surface area (Å²) in [7, 11) is 1.52. The van der Waals surface area contributed by atoms with Gasteiger partial charge in [-0.2, -0.15) is 0 Å². The van der Waals surface area contributed by atoms with Gasteiger partial charge in [-0.3, -0.25) is 14.5 Å². The lowest BCUT2D eigenvalue weighted by molar-refractivity contribution is -0.132. The second-order valence-electron chi connectivity index (χ2n) is 11.2. The van der Waals surface area contributed by atoms with Gasteiger partial charge in [0.25, 0.3) is 5.78 Å². The summed E-state index contributed by atoms with van der Waals surface area (Å²) < 4.78 is 25.5. The first-order valence-electron chi connectivity index (χ1n) is 14.5. The minimum atomic E-state index is -1.01. The summed E-state index contributed by atoms with van der Waals surface area (Å²) in [5.41, 5.74) is 3.49. The maximum absolute atomic E-state index is 13.7. The maximum atomic E-state index is 13.7. The number of aromatic nitrogens is 2. The van der Waals surface area contributed by atoms with Gasteiger partial charge in [-0.25, -0.2) is 4.39 Å². The number of hydrogen-bond acceptors (Lipinski definition) is 9. The molecule has 1 aliphatic rings. The van der Waals surface area contributed by atoms with Gasteiger partial charge in [0.1, 0.15) is 11.6 Å². The molecule has 1 saturated heterocycles. The van der Waals surface area contributed by atoms with Crippen molar-refractivity contribution in [3.8, 4) is 11.5 Å². The summed E-state index contributed by atoms with van der Waals surface area (Å²) >= 11 is 2.54. The Kier molecular flexibility index (Phi) is 9.89. The quantitative estimate of drug-likeness (QED) is 0.0583. The summed E-state index contributed by atoms with van der Waals surface area (Å²) in [6.07, 6.45) is 0.861. The van der Waals surface area contributed by atoms with Gasteiger partial charge in [0.05, 0.1) is 25.3 Å². The van der Waals surface area contributed by atoms with Crippen molar-refractivity contribution in [1.82, 2.24) is 10.2 Å². The summed E-state index contributed by atoms with van der Waals surface area (Å²) in [5, 5.41) is 20.4. The van der Waals surface area contributed by atoms with Gasteiger partial charge in [-0.15, -0.1) is 10.2 Å². The van der Waals surface area contributed by atoms with E-state index in [1.807, 2.05) is 26.0 Å². The maximum Gasteiger partial charge on any atom is 0.301 e. The highest BCUT2D eigenvalue weighted by Crippen LogP contribution is 2.46. The number of nitrogens with zero attached hydrogens (tertiary/aromatic N) is 3. The Labute approximate surface area is 269 Å². The normalized spacial score (nSPS) is 16.1. The summed E-state index contributed by atoms with van der Waals surface area (Å²) in [5.74, 6) is -0.298. The fourth-order valence-electron chi connectivity index (χ4n) is 4.94. The molecule has 1 atom stereocenters. The molecule has 11 heteroatoms. The number of carbonyl (C=O) groups is 2. The van der Waals surface area contributed by atoms with Gasteiger partial charge in [0, 0.05) is 11.3 Å². The number of halogens is 1. The Bertz CT molecular complexity index is 1750. The number of benzene rings is 3. The van der Waals surface area contributed by atoms with E-state index in [9.17, 15) is 19.1 Å². The molecule has 0 radical (unpaired) electrons. The van der Waals surface area contributed by atoms with Crippen LogP contribution >= 0.6 is 23.1 Å². The number of ether oxygens (including phenoxy) is 2. The van der Waals surface area contributed by atoms with Crippen LogP contribution in [0.25, 0.3) is 5.76 Å². The first kappa shape index (κ1) is 32.2. The second kappa shape index (κ2) is 13.8. The molecule has 0 bridgehead atoms. The minimum absolute atomic E-state index is 0.0556. The molecule has 0 spiro atoms. The van der Waals surface area contributed by atoms with Gasteiger partial charge >= 0.3 is 5.91 Å². The van der Waals surface area contributed by atoms with E-state index in [1.54, 1.807) is 36.4 Å². The Balaban J connectivity index is 1.57. The molecular weight excluding hydrogens is 614 g/mol. The van der Waals surface area contributed by atoms with Crippen LogP contribution in [0.3, 0.4) is 0 Å². The van der Waals surface area contributed by atoms with Gasteiger partial charge in [-0.1, -0.05) is 72.8 Å². The first-order valence-corrected chi connectivity index (χ1v) is 16.3. The first-order chi connectivity index (χ1) is 21.6. The minimum Gasteiger partial charge on any atom is -0.507 e. The van der Waals surface area contributed by atoms with Gasteiger partial charge in [-0.05, 0) is 73.2 Å². The third kappa shape index (κ3) is 7.04. The van der Waals surface area contributed by atoms with Crippen LogP contribution in [-0.2, 0) is 15.3 Å². The predicted octanol–water partition coefficient (Wildman–Crippen LogP) is 7.65. The average molecular weight is 648 g/mol. The zero-order valence-corrected chi connectivity index (χ0v) is 27.3. The second-order valence-corrected chi connectivity index (χ2v) is 13.4. The molecule has 8 nitrogen and oxygen atoms in total. The van der Waals surface area contributed by atoms with Crippen molar-refractivity contribution < 1.29 is 28.6 Å². The predicted molar refractivity (Wildman–Crippen MR) is 175 cm³/mol. The fraction of sp³-hybridized carbons (Fsp3) is 0.294. The number of hydrogen-bond donors (Lipinski definition) is 1. The van der Waals surface area contributed by atoms with Crippen molar-refractivity contribution in [3.63, 3.8) is 0 Å². The Hall–Kier alpha value is -4.22. The standard InChI is InChI=1S/C34H34FN3O5S2/c1-19(2)14-15-43-26-13-10-23(17-27(26)42-5)29-28(30(39)25-16-20(3)6-7-21(25)4)31(40)32(41)38(29)33-36-37-34(45-33)44-18-22-8-11-24(35)12-9-22/h6-13,16-17,19,29,39H,14-15,18H2,1-5H3. The Morgan fingerprint density at radius 1 is 1.04 bits per heavy atom. The van der Waals surface area contributed by atoms with Crippen molar-refractivity contribution in [1.29, 1.82) is 0 Å². The van der Waals surface area contributed by atoms with Crippen LogP contribution < -0.4 is 14.4 Å². The molecule has 0 aliphatic carbocycles. The number of aryl methyl sites for hydroxylation is 2. The topological polar surface area (TPSA) is 102 Å². The highest BCUT2D eigenvalue weighted by atomic mass is 32.2. The van der Waals surface area contributed by atoms with Crippen molar-refractivity contribution in [2.45, 2.75) is 50.3 Å². The highest BCUT2D eigenvalue weighted by Gasteiger charge is 2.48. The van der Waals surface area contributed by atoms with Crippen LogP contribution in [-0.4, -0.2) is 40.7 Å². The number of methoxy groups -OCH3 is 1. The number of aliphatic hydroxyl groups is 1. The van der Waals surface area contributed by atoms with Crippen LogP contribution in [0.2, 0.25) is 0 Å². The molecule has 234 valence electrons. The molecule has 1 aromatic heterocycles. The molecule has 1 fully saturated rings. The zero-order chi connectivity index (χ0) is 32.2. The molecule has 45 heavy (non-hydrogen) atoms. The van der Waals surface area contributed by atoms with E-state index >= 15 is 0 Å². The lowest BCUT2D eigenvalue weighted by atomic mass is 9.93. The number of carbonyl (C=O) groups excluding carboxylic acids is 2. The zero-order valence-electron chi connectivity index (χ0n) is 25.7. The molecular formula is C34H34FN3O5S2. The molecule has 1 aliphatic heterocycles. The smallest absolute Gasteiger partial charge is 0.301 e. The summed E-state index contributed by atoms with van der Waals surface area (Å²) in [6, 6.07) is 16.0. The van der Waals surface area contributed by atoms with Crippen molar-refractivity contribution >= 4 is 45.7 Å². The third-order valence-corrected chi connectivity index (χ3v) is 9.55. The Morgan fingerprint density at radius 2 is 1.80 bits per heavy atom. The highest BCUT2D eigenvalue weighted by molar-refractivity contribution is 8.00. The van der Waals surface area contributed by atoms with Gasteiger partial charge < -0.3 is 14.6 Å². The van der Waals surface area contributed by atoms with Crippen LogP contribution in [0, 0.1) is 25.6 Å². The van der Waals surface area contributed by atoms with Crippen LogP contribution in [0.4, 0.5) is 9.52 Å². The SMILES string of the molecule is COc1cc(C2C(=C(O)c3cc(C)ccc3C)C(=O)C(=O)N2c2nnc(SCc3ccc(F)cc3)s2)ccc1OCCC(C)C. The van der Waals surface area contributed by atoms with Crippen LogP contribution in [0.5, 0.6) is 11.5 Å². The number of rotatable bonds is 11. The number of aliphatic hydroxyl groups excluding tert-OH is 1. The van der Waals surface area contributed by atoms with Crippen LogP contribution in [0.1, 0.15) is 54.1 Å². The molecule has 4 aromatic rings. The number of Topliss-reactive ketones (excluding diaryl/α,β-unsaturated/α-hetero) is 1. The monoisotopic (exact) mass is 647 g/mol. The van der Waals surface area contributed by atoms with E-state index < -0.39 is 17.7 Å². The number of ketones is 1. The number of amides is 1.